The summed E-state index contributed by atoms with van der Waals surface area (Å²) in [5.74, 6) is 1.07. The fraction of sp³-hybridized carbons (Fsp3) is 0.350. The maximum Gasteiger partial charge on any atom is 0.256 e. The standard InChI is InChI=1S/C20H21N3O/c24-19-20(10-4-5-11-20)22-18(13-17-9-6-12-21-14-17)23(19)15-16-7-2-1-3-8-16/h1-3,6-9,12,14H,4-5,10-11,13,15H2. The number of aliphatic imine (C=N–C) groups is 1. The third kappa shape index (κ3) is 2.73. The van der Waals surface area contributed by atoms with Crippen LogP contribution < -0.4 is 0 Å². The maximum atomic E-state index is 13.1. The van der Waals surface area contributed by atoms with Crippen molar-refractivity contribution in [1.82, 2.24) is 9.88 Å². The summed E-state index contributed by atoms with van der Waals surface area (Å²) < 4.78 is 0. The monoisotopic (exact) mass is 319 g/mol. The van der Waals surface area contributed by atoms with Crippen molar-refractivity contribution >= 4 is 11.7 Å². The van der Waals surface area contributed by atoms with Crippen molar-refractivity contribution in [3.63, 3.8) is 0 Å². The van der Waals surface area contributed by atoms with Crippen molar-refractivity contribution in [2.75, 3.05) is 0 Å². The largest absolute Gasteiger partial charge is 0.294 e. The predicted molar refractivity (Wildman–Crippen MR) is 93.6 cm³/mol. The Labute approximate surface area is 142 Å². The molecule has 4 heteroatoms. The molecule has 1 fully saturated rings. The van der Waals surface area contributed by atoms with E-state index in [9.17, 15) is 4.79 Å². The van der Waals surface area contributed by atoms with Crippen LogP contribution in [0.3, 0.4) is 0 Å². The van der Waals surface area contributed by atoms with Crippen LogP contribution in [0.4, 0.5) is 0 Å². The molecule has 0 bridgehead atoms. The lowest BCUT2D eigenvalue weighted by Gasteiger charge is -2.22. The summed E-state index contributed by atoms with van der Waals surface area (Å²) in [5.41, 5.74) is 1.74. The molecular formula is C20H21N3O. The van der Waals surface area contributed by atoms with E-state index in [0.717, 1.165) is 42.6 Å². The third-order valence-electron chi connectivity index (χ3n) is 5.00. The van der Waals surface area contributed by atoms with Gasteiger partial charge in [-0.2, -0.15) is 0 Å². The fourth-order valence-corrected chi connectivity index (χ4v) is 3.76. The molecule has 0 atom stereocenters. The van der Waals surface area contributed by atoms with Crippen molar-refractivity contribution in [3.05, 3.63) is 66.0 Å². The summed E-state index contributed by atoms with van der Waals surface area (Å²) >= 11 is 0. The number of nitrogens with zero attached hydrogens (tertiary/aromatic N) is 3. The molecule has 2 aliphatic rings. The zero-order valence-electron chi connectivity index (χ0n) is 13.7. The molecule has 1 aromatic heterocycles. The average Bonchev–Trinajstić information content (AvgIpc) is 3.18. The van der Waals surface area contributed by atoms with Crippen LogP contribution in [-0.4, -0.2) is 27.2 Å². The first kappa shape index (κ1) is 15.1. The van der Waals surface area contributed by atoms with Crippen molar-refractivity contribution in [1.29, 1.82) is 0 Å². The Kier molecular flexibility index (Phi) is 3.89. The molecule has 0 radical (unpaired) electrons. The van der Waals surface area contributed by atoms with Gasteiger partial charge in [0.2, 0.25) is 0 Å². The summed E-state index contributed by atoms with van der Waals surface area (Å²) in [4.78, 5) is 24.2. The van der Waals surface area contributed by atoms with Crippen LogP contribution in [0.1, 0.15) is 36.8 Å². The molecule has 4 rings (SSSR count). The molecule has 2 heterocycles. The van der Waals surface area contributed by atoms with Crippen molar-refractivity contribution in [3.8, 4) is 0 Å². The summed E-state index contributed by atoms with van der Waals surface area (Å²) in [6.07, 6.45) is 8.23. The van der Waals surface area contributed by atoms with Gasteiger partial charge in [-0.05, 0) is 30.0 Å². The minimum atomic E-state index is -0.494. The van der Waals surface area contributed by atoms with Gasteiger partial charge < -0.3 is 0 Å². The number of carbonyl (C=O) groups excluding carboxylic acids is 1. The minimum absolute atomic E-state index is 0.183. The van der Waals surface area contributed by atoms with E-state index in [2.05, 4.69) is 17.1 Å². The highest BCUT2D eigenvalue weighted by Gasteiger charge is 2.49. The van der Waals surface area contributed by atoms with Gasteiger partial charge in [-0.1, -0.05) is 49.2 Å². The normalized spacial score (nSPS) is 19.1. The van der Waals surface area contributed by atoms with Gasteiger partial charge in [-0.3, -0.25) is 19.7 Å². The van der Waals surface area contributed by atoms with E-state index >= 15 is 0 Å². The van der Waals surface area contributed by atoms with Gasteiger partial charge in [-0.25, -0.2) is 0 Å². The Morgan fingerprint density at radius 3 is 2.46 bits per heavy atom. The molecule has 24 heavy (non-hydrogen) atoms. The van der Waals surface area contributed by atoms with Crippen LogP contribution in [0.2, 0.25) is 0 Å². The van der Waals surface area contributed by atoms with Crippen LogP contribution in [-0.2, 0) is 17.8 Å². The summed E-state index contributed by atoms with van der Waals surface area (Å²) in [7, 11) is 0. The quantitative estimate of drug-likeness (QED) is 0.867. The number of amides is 1. The molecule has 0 N–H and O–H groups in total. The highest BCUT2D eigenvalue weighted by molar-refractivity contribution is 6.08. The molecule has 1 aliphatic heterocycles. The third-order valence-corrected chi connectivity index (χ3v) is 5.00. The summed E-state index contributed by atoms with van der Waals surface area (Å²) in [6.45, 7) is 0.598. The van der Waals surface area contributed by atoms with Gasteiger partial charge in [0, 0.05) is 18.8 Å². The number of amidine groups is 1. The zero-order valence-corrected chi connectivity index (χ0v) is 13.7. The number of hydrogen-bond acceptors (Lipinski definition) is 3. The molecular weight excluding hydrogens is 298 g/mol. The fourth-order valence-electron chi connectivity index (χ4n) is 3.76. The average molecular weight is 319 g/mol. The Balaban J connectivity index is 1.64. The Morgan fingerprint density at radius 1 is 1.00 bits per heavy atom. The first-order valence-electron chi connectivity index (χ1n) is 8.60. The van der Waals surface area contributed by atoms with E-state index in [1.54, 1.807) is 6.20 Å². The van der Waals surface area contributed by atoms with Gasteiger partial charge in [-0.15, -0.1) is 0 Å². The molecule has 1 aromatic carbocycles. The summed E-state index contributed by atoms with van der Waals surface area (Å²) in [5, 5.41) is 0. The smallest absolute Gasteiger partial charge is 0.256 e. The minimum Gasteiger partial charge on any atom is -0.294 e. The lowest BCUT2D eigenvalue weighted by molar-refractivity contribution is -0.131. The number of aromatic nitrogens is 1. The second-order valence-electron chi connectivity index (χ2n) is 6.68. The van der Waals surface area contributed by atoms with Gasteiger partial charge >= 0.3 is 0 Å². The summed E-state index contributed by atoms with van der Waals surface area (Å²) in [6, 6.07) is 14.1. The van der Waals surface area contributed by atoms with Gasteiger partial charge in [0.25, 0.3) is 5.91 Å². The van der Waals surface area contributed by atoms with Crippen LogP contribution >= 0.6 is 0 Å². The van der Waals surface area contributed by atoms with Gasteiger partial charge in [0.1, 0.15) is 11.4 Å². The first-order valence-corrected chi connectivity index (χ1v) is 8.60. The lowest BCUT2D eigenvalue weighted by atomic mass is 9.98. The lowest BCUT2D eigenvalue weighted by Crippen LogP contribution is -2.41. The van der Waals surface area contributed by atoms with E-state index in [4.69, 9.17) is 4.99 Å². The van der Waals surface area contributed by atoms with Crippen molar-refractivity contribution in [2.24, 2.45) is 4.99 Å². The van der Waals surface area contributed by atoms with E-state index < -0.39 is 5.54 Å². The van der Waals surface area contributed by atoms with Crippen LogP contribution in [0, 0.1) is 0 Å². The molecule has 1 spiro atoms. The van der Waals surface area contributed by atoms with Gasteiger partial charge in [0.05, 0.1) is 6.54 Å². The molecule has 1 saturated carbocycles. The molecule has 122 valence electrons. The zero-order chi connectivity index (χ0) is 16.4. The van der Waals surface area contributed by atoms with Gasteiger partial charge in [0.15, 0.2) is 0 Å². The second kappa shape index (κ2) is 6.19. The number of benzene rings is 1. The van der Waals surface area contributed by atoms with E-state index in [0.29, 0.717) is 13.0 Å². The predicted octanol–water partition coefficient (Wildman–Crippen LogP) is 3.38. The SMILES string of the molecule is O=C1N(Cc2ccccc2)C(Cc2cccnc2)=NC12CCCC2. The molecule has 2 aromatic rings. The second-order valence-corrected chi connectivity index (χ2v) is 6.68. The van der Waals surface area contributed by atoms with Crippen LogP contribution in [0.5, 0.6) is 0 Å². The van der Waals surface area contributed by atoms with Crippen LogP contribution in [0.15, 0.2) is 59.9 Å². The van der Waals surface area contributed by atoms with Crippen LogP contribution in [0.25, 0.3) is 0 Å². The Hall–Kier alpha value is -2.49. The first-order chi connectivity index (χ1) is 11.8. The highest BCUT2D eigenvalue weighted by Crippen LogP contribution is 2.39. The van der Waals surface area contributed by atoms with Crippen molar-refractivity contribution < 1.29 is 4.79 Å². The molecule has 1 aliphatic carbocycles. The number of rotatable bonds is 4. The Bertz CT molecular complexity index is 749. The van der Waals surface area contributed by atoms with E-state index in [-0.39, 0.29) is 5.91 Å². The highest BCUT2D eigenvalue weighted by atomic mass is 16.2. The number of hydrogen-bond donors (Lipinski definition) is 0. The van der Waals surface area contributed by atoms with E-state index in [1.807, 2.05) is 41.4 Å². The van der Waals surface area contributed by atoms with E-state index in [1.165, 1.54) is 0 Å². The van der Waals surface area contributed by atoms with Crippen molar-refractivity contribution in [2.45, 2.75) is 44.2 Å². The topological polar surface area (TPSA) is 45.6 Å². The molecule has 1 amide bonds. The Morgan fingerprint density at radius 2 is 1.75 bits per heavy atom. The molecule has 0 unspecified atom stereocenters. The number of carbonyl (C=O) groups is 1. The number of pyridine rings is 1. The maximum absolute atomic E-state index is 13.1. The molecule has 4 nitrogen and oxygen atoms in total. The molecule has 0 saturated heterocycles.